The Morgan fingerprint density at radius 2 is 2.18 bits per heavy atom. The van der Waals surface area contributed by atoms with Crippen LogP contribution in [0.1, 0.15) is 19.8 Å². The molecule has 0 aromatic carbocycles. The van der Waals surface area contributed by atoms with Crippen LogP contribution in [0.15, 0.2) is 12.2 Å². The van der Waals surface area contributed by atoms with E-state index in [1.54, 1.807) is 13.0 Å². The molecular weight excluding hydrogens is 222 g/mol. The molecule has 1 atom stereocenters. The van der Waals surface area contributed by atoms with Crippen LogP contribution in [-0.2, 0) is 14.4 Å². The second-order valence-corrected chi connectivity index (χ2v) is 3.87. The Morgan fingerprint density at radius 1 is 1.47 bits per heavy atom. The van der Waals surface area contributed by atoms with Crippen molar-refractivity contribution in [2.24, 2.45) is 5.73 Å². The van der Waals surface area contributed by atoms with Crippen LogP contribution in [0.3, 0.4) is 0 Å². The summed E-state index contributed by atoms with van der Waals surface area (Å²) >= 11 is 0. The number of allylic oxidation sites excluding steroid dienone is 1. The number of primary amides is 1. The van der Waals surface area contributed by atoms with E-state index < -0.39 is 11.9 Å². The molecule has 0 unspecified atom stereocenters. The second kappa shape index (κ2) is 6.03. The fourth-order valence-electron chi connectivity index (χ4n) is 1.84. The molecule has 6 heteroatoms. The lowest BCUT2D eigenvalue weighted by atomic mass is 10.2. The Morgan fingerprint density at radius 3 is 2.76 bits per heavy atom. The summed E-state index contributed by atoms with van der Waals surface area (Å²) in [6, 6.07) is -0.527. The van der Waals surface area contributed by atoms with Crippen LogP contribution < -0.4 is 11.1 Å². The van der Waals surface area contributed by atoms with E-state index in [0.29, 0.717) is 13.0 Å². The summed E-state index contributed by atoms with van der Waals surface area (Å²) in [7, 11) is 0. The molecule has 1 fully saturated rings. The van der Waals surface area contributed by atoms with Gasteiger partial charge < -0.3 is 16.0 Å². The predicted molar refractivity (Wildman–Crippen MR) is 61.8 cm³/mol. The molecule has 0 aromatic heterocycles. The van der Waals surface area contributed by atoms with Crippen LogP contribution >= 0.6 is 0 Å². The minimum atomic E-state index is -0.527. The first-order valence-electron chi connectivity index (χ1n) is 5.55. The third-order valence-electron chi connectivity index (χ3n) is 2.63. The molecule has 0 bridgehead atoms. The summed E-state index contributed by atoms with van der Waals surface area (Å²) in [5, 5.41) is 2.45. The van der Waals surface area contributed by atoms with Gasteiger partial charge >= 0.3 is 0 Å². The molecule has 0 saturated carbocycles. The number of nitrogens with one attached hydrogen (secondary N) is 1. The molecule has 1 aliphatic heterocycles. The normalized spacial score (nSPS) is 19.6. The van der Waals surface area contributed by atoms with Crippen LogP contribution in [0.4, 0.5) is 0 Å². The van der Waals surface area contributed by atoms with Gasteiger partial charge in [0.05, 0.1) is 6.54 Å². The Bertz CT molecular complexity index is 352. The van der Waals surface area contributed by atoms with E-state index in [0.717, 1.165) is 6.42 Å². The SMILES string of the molecule is C/C=C/C(=O)NCC(=O)N1CCC[C@H]1C(N)=O. The Balaban J connectivity index is 2.47. The Hall–Kier alpha value is -1.85. The van der Waals surface area contributed by atoms with Gasteiger partial charge in [0.2, 0.25) is 17.7 Å². The third-order valence-corrected chi connectivity index (χ3v) is 2.63. The topological polar surface area (TPSA) is 92.5 Å². The van der Waals surface area contributed by atoms with Gasteiger partial charge in [-0.15, -0.1) is 0 Å². The molecule has 0 radical (unpaired) electrons. The standard InChI is InChI=1S/C11H17N3O3/c1-2-4-9(15)13-7-10(16)14-6-3-5-8(14)11(12)17/h2,4,8H,3,5-7H2,1H3,(H2,12,17)(H,13,15)/b4-2+/t8-/m0/s1. The average molecular weight is 239 g/mol. The maximum absolute atomic E-state index is 11.7. The van der Waals surface area contributed by atoms with Crippen LogP contribution in [0, 0.1) is 0 Å². The number of carbonyl (C=O) groups excluding carboxylic acids is 3. The number of hydrogen-bond acceptors (Lipinski definition) is 3. The number of hydrogen-bond donors (Lipinski definition) is 2. The van der Waals surface area contributed by atoms with Crippen molar-refractivity contribution < 1.29 is 14.4 Å². The first kappa shape index (κ1) is 13.2. The minimum absolute atomic E-state index is 0.104. The van der Waals surface area contributed by atoms with Gasteiger partial charge in [-0.3, -0.25) is 14.4 Å². The van der Waals surface area contributed by atoms with Gasteiger partial charge in [0.1, 0.15) is 6.04 Å². The number of nitrogens with zero attached hydrogens (tertiary/aromatic N) is 1. The molecule has 3 N–H and O–H groups in total. The molecule has 0 aliphatic carbocycles. The zero-order valence-electron chi connectivity index (χ0n) is 9.81. The summed E-state index contributed by atoms with van der Waals surface area (Å²) in [5.41, 5.74) is 5.20. The van der Waals surface area contributed by atoms with Crippen molar-refractivity contribution in [1.29, 1.82) is 0 Å². The average Bonchev–Trinajstić information content (AvgIpc) is 2.75. The predicted octanol–water partition coefficient (Wildman–Crippen LogP) is -0.845. The molecule has 1 rings (SSSR count). The smallest absolute Gasteiger partial charge is 0.244 e. The number of carbonyl (C=O) groups is 3. The molecule has 1 aliphatic rings. The molecule has 0 spiro atoms. The van der Waals surface area contributed by atoms with E-state index in [1.165, 1.54) is 11.0 Å². The Labute approximate surface area is 99.8 Å². The van der Waals surface area contributed by atoms with E-state index in [9.17, 15) is 14.4 Å². The molecule has 1 saturated heterocycles. The Kier molecular flexibility index (Phi) is 4.68. The molecule has 6 nitrogen and oxygen atoms in total. The number of rotatable bonds is 4. The first-order chi connectivity index (χ1) is 8.06. The highest BCUT2D eigenvalue weighted by Crippen LogP contribution is 2.16. The molecule has 0 aromatic rings. The van der Waals surface area contributed by atoms with Crippen LogP contribution in [-0.4, -0.2) is 41.8 Å². The van der Waals surface area contributed by atoms with Crippen molar-refractivity contribution in [2.45, 2.75) is 25.8 Å². The summed E-state index contributed by atoms with van der Waals surface area (Å²) in [6.45, 7) is 2.13. The lowest BCUT2D eigenvalue weighted by Crippen LogP contribution is -2.47. The summed E-state index contributed by atoms with van der Waals surface area (Å²) < 4.78 is 0. The molecule has 3 amide bonds. The van der Waals surface area contributed by atoms with E-state index in [2.05, 4.69) is 5.32 Å². The van der Waals surface area contributed by atoms with Crippen molar-refractivity contribution in [3.05, 3.63) is 12.2 Å². The highest BCUT2D eigenvalue weighted by atomic mass is 16.2. The first-order valence-corrected chi connectivity index (χ1v) is 5.55. The third kappa shape index (κ3) is 3.58. The molecule has 1 heterocycles. The van der Waals surface area contributed by atoms with Gasteiger partial charge in [0, 0.05) is 6.54 Å². The quantitative estimate of drug-likeness (QED) is 0.626. The van der Waals surface area contributed by atoms with Gasteiger partial charge in [-0.05, 0) is 25.8 Å². The van der Waals surface area contributed by atoms with Gasteiger partial charge in [-0.2, -0.15) is 0 Å². The van der Waals surface area contributed by atoms with Crippen LogP contribution in [0.5, 0.6) is 0 Å². The monoisotopic (exact) mass is 239 g/mol. The van der Waals surface area contributed by atoms with E-state index >= 15 is 0 Å². The van der Waals surface area contributed by atoms with Gasteiger partial charge in [-0.1, -0.05) is 6.08 Å². The highest BCUT2D eigenvalue weighted by molar-refractivity contribution is 5.93. The lowest BCUT2D eigenvalue weighted by molar-refractivity contribution is -0.137. The largest absolute Gasteiger partial charge is 0.368 e. The zero-order valence-corrected chi connectivity index (χ0v) is 9.81. The highest BCUT2D eigenvalue weighted by Gasteiger charge is 2.32. The maximum Gasteiger partial charge on any atom is 0.244 e. The van der Waals surface area contributed by atoms with Crippen molar-refractivity contribution in [3.63, 3.8) is 0 Å². The summed E-state index contributed by atoms with van der Waals surface area (Å²) in [6.07, 6.45) is 4.29. The number of likely N-dealkylation sites (tertiary alicyclic amines) is 1. The van der Waals surface area contributed by atoms with Crippen molar-refractivity contribution in [1.82, 2.24) is 10.2 Å². The van der Waals surface area contributed by atoms with Crippen molar-refractivity contribution in [3.8, 4) is 0 Å². The molecule has 17 heavy (non-hydrogen) atoms. The van der Waals surface area contributed by atoms with Crippen molar-refractivity contribution >= 4 is 17.7 Å². The van der Waals surface area contributed by atoms with E-state index in [1.807, 2.05) is 0 Å². The molecular formula is C11H17N3O3. The van der Waals surface area contributed by atoms with E-state index in [-0.39, 0.29) is 18.4 Å². The van der Waals surface area contributed by atoms with Gasteiger partial charge in [-0.25, -0.2) is 0 Å². The number of nitrogens with two attached hydrogens (primary N) is 1. The fraction of sp³-hybridized carbons (Fsp3) is 0.545. The molecule has 94 valence electrons. The van der Waals surface area contributed by atoms with Gasteiger partial charge in [0.15, 0.2) is 0 Å². The van der Waals surface area contributed by atoms with Crippen LogP contribution in [0.25, 0.3) is 0 Å². The fourth-order valence-corrected chi connectivity index (χ4v) is 1.84. The van der Waals surface area contributed by atoms with E-state index in [4.69, 9.17) is 5.73 Å². The number of amides is 3. The second-order valence-electron chi connectivity index (χ2n) is 3.87. The summed E-state index contributed by atoms with van der Waals surface area (Å²) in [4.78, 5) is 35.4. The summed E-state index contributed by atoms with van der Waals surface area (Å²) in [5.74, 6) is -1.09. The maximum atomic E-state index is 11.7. The van der Waals surface area contributed by atoms with Gasteiger partial charge in [0.25, 0.3) is 0 Å². The van der Waals surface area contributed by atoms with Crippen LogP contribution in [0.2, 0.25) is 0 Å². The van der Waals surface area contributed by atoms with Crippen molar-refractivity contribution in [2.75, 3.05) is 13.1 Å². The minimum Gasteiger partial charge on any atom is -0.368 e. The zero-order chi connectivity index (χ0) is 12.8. The lowest BCUT2D eigenvalue weighted by Gasteiger charge is -2.22.